The molecule has 31 heavy (non-hydrogen) atoms. The molecule has 0 saturated heterocycles. The predicted octanol–water partition coefficient (Wildman–Crippen LogP) is 4.84. The van der Waals surface area contributed by atoms with Gasteiger partial charge in [0.15, 0.2) is 6.61 Å². The van der Waals surface area contributed by atoms with Crippen molar-refractivity contribution in [1.82, 2.24) is 10.2 Å². The lowest BCUT2D eigenvalue weighted by Crippen LogP contribution is -2.51. The van der Waals surface area contributed by atoms with E-state index in [4.69, 9.17) is 4.74 Å². The van der Waals surface area contributed by atoms with Gasteiger partial charge in [-0.3, -0.25) is 9.59 Å². The van der Waals surface area contributed by atoms with Gasteiger partial charge in [-0.05, 0) is 84.7 Å². The van der Waals surface area contributed by atoms with E-state index in [0.717, 1.165) is 40.4 Å². The van der Waals surface area contributed by atoms with E-state index < -0.39 is 6.04 Å². The number of amides is 2. The van der Waals surface area contributed by atoms with Crippen LogP contribution >= 0.6 is 22.6 Å². The number of carbonyl (C=O) groups is 2. The van der Waals surface area contributed by atoms with E-state index in [1.54, 1.807) is 11.8 Å². The van der Waals surface area contributed by atoms with Gasteiger partial charge in [-0.2, -0.15) is 0 Å². The van der Waals surface area contributed by atoms with Crippen LogP contribution in [0.25, 0.3) is 0 Å². The second-order valence-electron chi connectivity index (χ2n) is 8.21. The average Bonchev–Trinajstić information content (AvgIpc) is 2.78. The number of aryl methyl sites for hydroxylation is 1. The zero-order valence-electron chi connectivity index (χ0n) is 18.3. The van der Waals surface area contributed by atoms with Gasteiger partial charge in [-0.25, -0.2) is 0 Å². The molecular weight excluding hydrogens is 503 g/mol. The highest BCUT2D eigenvalue weighted by Crippen LogP contribution is 2.19. The molecule has 1 N–H and O–H groups in total. The quantitative estimate of drug-likeness (QED) is 0.493. The Morgan fingerprint density at radius 3 is 2.45 bits per heavy atom. The van der Waals surface area contributed by atoms with Crippen molar-refractivity contribution in [3.8, 4) is 5.75 Å². The number of halogens is 1. The van der Waals surface area contributed by atoms with Gasteiger partial charge in [-0.1, -0.05) is 43.5 Å². The lowest BCUT2D eigenvalue weighted by molar-refractivity contribution is -0.142. The Morgan fingerprint density at radius 2 is 1.77 bits per heavy atom. The topological polar surface area (TPSA) is 58.6 Å². The van der Waals surface area contributed by atoms with Gasteiger partial charge in [0.25, 0.3) is 5.91 Å². The van der Waals surface area contributed by atoms with E-state index in [9.17, 15) is 9.59 Å². The maximum atomic E-state index is 13.2. The van der Waals surface area contributed by atoms with Crippen molar-refractivity contribution >= 4 is 34.4 Å². The molecule has 1 aliphatic rings. The van der Waals surface area contributed by atoms with Crippen LogP contribution in [0.5, 0.6) is 5.75 Å². The minimum Gasteiger partial charge on any atom is -0.484 e. The standard InChI is InChI=1S/C25H31IN2O3/c1-18-8-6-7-9-20(18)16-28(19(2)25(30)27-22-10-4-3-5-11-22)24(29)17-31-23-14-12-21(26)13-15-23/h6-9,12-15,19,22H,3-5,10-11,16-17H2,1-2H3,(H,27,30)/t19-/m1/s1. The van der Waals surface area contributed by atoms with Gasteiger partial charge in [-0.15, -0.1) is 0 Å². The van der Waals surface area contributed by atoms with E-state index >= 15 is 0 Å². The molecule has 0 bridgehead atoms. The molecule has 2 aromatic carbocycles. The van der Waals surface area contributed by atoms with Crippen molar-refractivity contribution in [2.24, 2.45) is 0 Å². The molecule has 0 aromatic heterocycles. The normalized spacial score (nSPS) is 15.2. The minimum atomic E-state index is -0.575. The molecule has 6 heteroatoms. The third kappa shape index (κ3) is 6.95. The summed E-state index contributed by atoms with van der Waals surface area (Å²) in [6.45, 7) is 4.10. The van der Waals surface area contributed by atoms with E-state index in [0.29, 0.717) is 12.3 Å². The van der Waals surface area contributed by atoms with Gasteiger partial charge >= 0.3 is 0 Å². The number of carbonyl (C=O) groups excluding carboxylic acids is 2. The molecule has 1 atom stereocenters. The van der Waals surface area contributed by atoms with Gasteiger partial charge in [0.1, 0.15) is 11.8 Å². The van der Waals surface area contributed by atoms with E-state index in [1.165, 1.54) is 6.42 Å². The van der Waals surface area contributed by atoms with Crippen LogP contribution in [0.4, 0.5) is 0 Å². The SMILES string of the molecule is Cc1ccccc1CN(C(=O)COc1ccc(I)cc1)[C@H](C)C(=O)NC1CCCCC1. The summed E-state index contributed by atoms with van der Waals surface area (Å²) in [6, 6.07) is 15.2. The van der Waals surface area contributed by atoms with E-state index in [1.807, 2.05) is 55.5 Å². The first-order valence-corrected chi connectivity index (χ1v) is 12.0. The van der Waals surface area contributed by atoms with Crippen LogP contribution in [0.2, 0.25) is 0 Å². The zero-order chi connectivity index (χ0) is 22.2. The van der Waals surface area contributed by atoms with Crippen LogP contribution in [0.3, 0.4) is 0 Å². The van der Waals surface area contributed by atoms with Crippen LogP contribution in [-0.4, -0.2) is 35.4 Å². The summed E-state index contributed by atoms with van der Waals surface area (Å²) in [5, 5.41) is 3.16. The Kier molecular flexibility index (Phi) is 8.75. The van der Waals surface area contributed by atoms with Crippen molar-refractivity contribution in [1.29, 1.82) is 0 Å². The molecule has 0 radical (unpaired) electrons. The minimum absolute atomic E-state index is 0.0944. The first-order valence-electron chi connectivity index (χ1n) is 11.0. The molecule has 0 unspecified atom stereocenters. The zero-order valence-corrected chi connectivity index (χ0v) is 20.4. The molecule has 1 aliphatic carbocycles. The maximum absolute atomic E-state index is 13.2. The number of ether oxygens (including phenoxy) is 1. The number of hydrogen-bond acceptors (Lipinski definition) is 3. The largest absolute Gasteiger partial charge is 0.484 e. The molecule has 0 heterocycles. The summed E-state index contributed by atoms with van der Waals surface area (Å²) in [7, 11) is 0. The lowest BCUT2D eigenvalue weighted by Gasteiger charge is -2.31. The smallest absolute Gasteiger partial charge is 0.261 e. The molecule has 2 aromatic rings. The van der Waals surface area contributed by atoms with Crippen molar-refractivity contribution in [3.63, 3.8) is 0 Å². The summed E-state index contributed by atoms with van der Waals surface area (Å²) >= 11 is 2.23. The van der Waals surface area contributed by atoms with Crippen molar-refractivity contribution in [2.75, 3.05) is 6.61 Å². The number of hydrogen-bond donors (Lipinski definition) is 1. The molecule has 166 valence electrons. The Balaban J connectivity index is 1.71. The average molecular weight is 534 g/mol. The summed E-state index contributed by atoms with van der Waals surface area (Å²) in [5.74, 6) is 0.347. The van der Waals surface area contributed by atoms with Crippen LogP contribution in [0.1, 0.15) is 50.2 Å². The monoisotopic (exact) mass is 534 g/mol. The Labute approximate surface area is 198 Å². The van der Waals surface area contributed by atoms with Gasteiger partial charge in [0, 0.05) is 16.2 Å². The van der Waals surface area contributed by atoms with Gasteiger partial charge in [0.05, 0.1) is 0 Å². The fraction of sp³-hybridized carbons (Fsp3) is 0.440. The third-order valence-electron chi connectivity index (χ3n) is 5.90. The summed E-state index contributed by atoms with van der Waals surface area (Å²) in [4.78, 5) is 27.8. The van der Waals surface area contributed by atoms with E-state index in [-0.39, 0.29) is 24.5 Å². The Bertz CT molecular complexity index is 879. The second-order valence-corrected chi connectivity index (χ2v) is 9.46. The molecule has 0 aliphatic heterocycles. The van der Waals surface area contributed by atoms with Crippen molar-refractivity contribution in [3.05, 3.63) is 63.2 Å². The number of nitrogens with zero attached hydrogens (tertiary/aromatic N) is 1. The molecular formula is C25H31IN2O3. The highest BCUT2D eigenvalue weighted by atomic mass is 127. The van der Waals surface area contributed by atoms with Gasteiger partial charge < -0.3 is 15.0 Å². The summed E-state index contributed by atoms with van der Waals surface area (Å²) in [5.41, 5.74) is 2.13. The number of benzene rings is 2. The van der Waals surface area contributed by atoms with Crippen LogP contribution < -0.4 is 10.1 Å². The maximum Gasteiger partial charge on any atom is 0.261 e. The fourth-order valence-electron chi connectivity index (χ4n) is 3.88. The highest BCUT2D eigenvalue weighted by molar-refractivity contribution is 14.1. The molecule has 2 amide bonds. The summed E-state index contributed by atoms with van der Waals surface area (Å²) in [6.07, 6.45) is 5.56. The molecule has 5 nitrogen and oxygen atoms in total. The number of nitrogens with one attached hydrogen (secondary N) is 1. The molecule has 3 rings (SSSR count). The Morgan fingerprint density at radius 1 is 1.10 bits per heavy atom. The molecule has 1 saturated carbocycles. The van der Waals surface area contributed by atoms with Crippen LogP contribution in [0, 0.1) is 10.5 Å². The number of rotatable bonds is 8. The first-order chi connectivity index (χ1) is 14.9. The highest BCUT2D eigenvalue weighted by Gasteiger charge is 2.28. The first kappa shape index (κ1) is 23.6. The molecule has 0 spiro atoms. The fourth-order valence-corrected chi connectivity index (χ4v) is 4.24. The Hall–Kier alpha value is -2.09. The predicted molar refractivity (Wildman–Crippen MR) is 131 cm³/mol. The van der Waals surface area contributed by atoms with Crippen LogP contribution in [-0.2, 0) is 16.1 Å². The van der Waals surface area contributed by atoms with Crippen molar-refractivity contribution in [2.45, 2.75) is 64.6 Å². The summed E-state index contributed by atoms with van der Waals surface area (Å²) < 4.78 is 6.83. The lowest BCUT2D eigenvalue weighted by atomic mass is 9.95. The third-order valence-corrected chi connectivity index (χ3v) is 6.62. The molecule has 1 fully saturated rings. The van der Waals surface area contributed by atoms with Gasteiger partial charge in [0.2, 0.25) is 5.91 Å². The van der Waals surface area contributed by atoms with Crippen molar-refractivity contribution < 1.29 is 14.3 Å². The van der Waals surface area contributed by atoms with E-state index in [2.05, 4.69) is 27.9 Å². The van der Waals surface area contributed by atoms with Crippen LogP contribution in [0.15, 0.2) is 48.5 Å². The second kappa shape index (κ2) is 11.5.